The van der Waals surface area contributed by atoms with Crippen LogP contribution in [-0.4, -0.2) is 71.5 Å². The van der Waals surface area contributed by atoms with Crippen molar-refractivity contribution in [2.75, 3.05) is 31.5 Å². The van der Waals surface area contributed by atoms with Gasteiger partial charge in [0.25, 0.3) is 5.91 Å². The number of hydrogen-bond donors (Lipinski definition) is 4. The molecule has 4 N–H and O–H groups in total. The number of carbonyl (C=O) groups excluding carboxylic acids is 1. The third kappa shape index (κ3) is 4.89. The van der Waals surface area contributed by atoms with Crippen molar-refractivity contribution in [1.29, 1.82) is 0 Å². The standard InChI is InChI=1S/C23H26N8O3/c1-3-30(4-2)11-9-25-21(32)15-5-7-16(8-6-15)28-19-20-24-10-12-31(20)18(14-26-19)17-13-27-23(34)29-22(17)33/h5-8,10,12-14H,3-4,9,11H2,1-2H3,(H,25,32)(H,26,28)(H2,27,29,33,34). The zero-order valence-corrected chi connectivity index (χ0v) is 18.9. The Morgan fingerprint density at radius 2 is 1.82 bits per heavy atom. The number of rotatable bonds is 9. The topological polar surface area (TPSA) is 141 Å². The highest BCUT2D eigenvalue weighted by atomic mass is 16.3. The Morgan fingerprint density at radius 3 is 2.53 bits per heavy atom. The molecule has 0 radical (unpaired) electrons. The maximum atomic E-state index is 12.4. The Kier molecular flexibility index (Phi) is 6.83. The van der Waals surface area contributed by atoms with Crippen molar-refractivity contribution in [3.8, 4) is 23.1 Å². The molecule has 3 aromatic heterocycles. The monoisotopic (exact) mass is 462 g/mol. The quantitative estimate of drug-likeness (QED) is 0.295. The summed E-state index contributed by atoms with van der Waals surface area (Å²) in [6.07, 6.45) is 6.18. The average Bonchev–Trinajstić information content (AvgIpc) is 3.33. The summed E-state index contributed by atoms with van der Waals surface area (Å²) in [5.74, 6) is 0.00749. The highest BCUT2D eigenvalue weighted by Gasteiger charge is 2.15. The minimum atomic E-state index is -0.518. The predicted octanol–water partition coefficient (Wildman–Crippen LogP) is 2.41. The van der Waals surface area contributed by atoms with Crippen LogP contribution < -0.4 is 10.6 Å². The molecule has 11 nitrogen and oxygen atoms in total. The largest absolute Gasteiger partial charge is 0.493 e. The van der Waals surface area contributed by atoms with Gasteiger partial charge in [-0.05, 0) is 37.4 Å². The van der Waals surface area contributed by atoms with Crippen molar-refractivity contribution in [3.63, 3.8) is 0 Å². The number of likely N-dealkylation sites (N-methyl/N-ethyl adjacent to an activating group) is 1. The molecule has 0 saturated carbocycles. The molecule has 0 atom stereocenters. The fourth-order valence-corrected chi connectivity index (χ4v) is 3.56. The van der Waals surface area contributed by atoms with E-state index in [9.17, 15) is 15.0 Å². The van der Waals surface area contributed by atoms with E-state index in [0.29, 0.717) is 34.8 Å². The van der Waals surface area contributed by atoms with Gasteiger partial charge in [0.1, 0.15) is 0 Å². The molecule has 0 aliphatic carbocycles. The summed E-state index contributed by atoms with van der Waals surface area (Å²) >= 11 is 0. The fourth-order valence-electron chi connectivity index (χ4n) is 3.56. The van der Waals surface area contributed by atoms with Crippen molar-refractivity contribution in [3.05, 3.63) is 54.6 Å². The lowest BCUT2D eigenvalue weighted by molar-refractivity contribution is 0.0949. The first-order valence-electron chi connectivity index (χ1n) is 10.9. The summed E-state index contributed by atoms with van der Waals surface area (Å²) < 4.78 is 1.72. The number of anilines is 2. The molecule has 0 unspecified atom stereocenters. The van der Waals surface area contributed by atoms with E-state index >= 15 is 0 Å². The lowest BCUT2D eigenvalue weighted by Crippen LogP contribution is -2.34. The highest BCUT2D eigenvalue weighted by molar-refractivity contribution is 5.94. The third-order valence-electron chi connectivity index (χ3n) is 5.48. The van der Waals surface area contributed by atoms with Gasteiger partial charge < -0.3 is 25.7 Å². The van der Waals surface area contributed by atoms with E-state index in [1.807, 2.05) is 0 Å². The van der Waals surface area contributed by atoms with Crippen LogP contribution in [0, 0.1) is 0 Å². The summed E-state index contributed by atoms with van der Waals surface area (Å²) in [7, 11) is 0. The van der Waals surface area contributed by atoms with E-state index in [2.05, 4.69) is 49.3 Å². The average molecular weight is 463 g/mol. The number of fused-ring (bicyclic) bond motifs is 1. The van der Waals surface area contributed by atoms with Gasteiger partial charge in [0, 0.05) is 42.9 Å². The smallest absolute Gasteiger partial charge is 0.317 e. The lowest BCUT2D eigenvalue weighted by Gasteiger charge is -2.18. The summed E-state index contributed by atoms with van der Waals surface area (Å²) in [6.45, 7) is 7.51. The molecule has 0 fully saturated rings. The summed E-state index contributed by atoms with van der Waals surface area (Å²) in [5.41, 5.74) is 2.63. The summed E-state index contributed by atoms with van der Waals surface area (Å²) in [5, 5.41) is 25.6. The Morgan fingerprint density at radius 1 is 1.06 bits per heavy atom. The predicted molar refractivity (Wildman–Crippen MR) is 127 cm³/mol. The molecule has 11 heteroatoms. The number of nitrogens with zero attached hydrogens (tertiary/aromatic N) is 6. The van der Waals surface area contributed by atoms with Crippen LogP contribution >= 0.6 is 0 Å². The minimum absolute atomic E-state index is 0.118. The van der Waals surface area contributed by atoms with Gasteiger partial charge in [0.05, 0.1) is 17.5 Å². The third-order valence-corrected chi connectivity index (χ3v) is 5.48. The Labute approximate surface area is 196 Å². The molecule has 0 saturated heterocycles. The number of nitrogens with one attached hydrogen (secondary N) is 2. The zero-order valence-electron chi connectivity index (χ0n) is 18.9. The Bertz CT molecular complexity index is 1290. The minimum Gasteiger partial charge on any atom is -0.493 e. The van der Waals surface area contributed by atoms with Crippen molar-refractivity contribution >= 4 is 23.1 Å². The molecule has 0 aliphatic rings. The maximum Gasteiger partial charge on any atom is 0.317 e. The molecular formula is C23H26N8O3. The number of imidazole rings is 1. The number of carbonyl (C=O) groups is 1. The number of aromatic nitrogens is 5. The second-order valence-electron chi connectivity index (χ2n) is 7.51. The van der Waals surface area contributed by atoms with E-state index in [1.165, 1.54) is 6.20 Å². The van der Waals surface area contributed by atoms with E-state index < -0.39 is 6.01 Å². The first kappa shape index (κ1) is 22.9. The van der Waals surface area contributed by atoms with Crippen molar-refractivity contribution in [2.24, 2.45) is 0 Å². The molecule has 4 aromatic rings. The maximum absolute atomic E-state index is 12.4. The number of aromatic hydroxyl groups is 2. The van der Waals surface area contributed by atoms with Gasteiger partial charge in [0.15, 0.2) is 11.5 Å². The molecule has 176 valence electrons. The van der Waals surface area contributed by atoms with E-state index in [4.69, 9.17) is 0 Å². The van der Waals surface area contributed by atoms with Gasteiger partial charge in [0.2, 0.25) is 5.88 Å². The molecule has 0 aliphatic heterocycles. The second-order valence-corrected chi connectivity index (χ2v) is 7.51. The molecule has 1 amide bonds. The second kappa shape index (κ2) is 10.1. The van der Waals surface area contributed by atoms with Gasteiger partial charge in [-0.2, -0.15) is 4.98 Å². The van der Waals surface area contributed by atoms with Crippen molar-refractivity contribution in [2.45, 2.75) is 13.8 Å². The van der Waals surface area contributed by atoms with Gasteiger partial charge in [-0.15, -0.1) is 0 Å². The van der Waals surface area contributed by atoms with Crippen molar-refractivity contribution < 1.29 is 15.0 Å². The summed E-state index contributed by atoms with van der Waals surface area (Å²) in [6, 6.07) is 6.58. The van der Waals surface area contributed by atoms with Gasteiger partial charge in [-0.1, -0.05) is 13.8 Å². The first-order chi connectivity index (χ1) is 16.5. The van der Waals surface area contributed by atoms with E-state index in [1.54, 1.807) is 47.3 Å². The zero-order chi connectivity index (χ0) is 24.1. The van der Waals surface area contributed by atoms with E-state index in [-0.39, 0.29) is 11.8 Å². The van der Waals surface area contributed by atoms with Crippen molar-refractivity contribution in [1.82, 2.24) is 34.6 Å². The normalized spacial score (nSPS) is 11.1. The van der Waals surface area contributed by atoms with Crippen LogP contribution in [0.15, 0.2) is 49.1 Å². The van der Waals surface area contributed by atoms with Gasteiger partial charge in [-0.3, -0.25) is 9.20 Å². The lowest BCUT2D eigenvalue weighted by atomic mass is 10.2. The molecule has 3 heterocycles. The molecule has 34 heavy (non-hydrogen) atoms. The molecule has 0 bridgehead atoms. The molecule has 0 spiro atoms. The molecule has 4 rings (SSSR count). The SMILES string of the molecule is CCN(CC)CCNC(=O)c1ccc(Nc2ncc(-c3cnc(O)nc3O)n3ccnc23)cc1. The van der Waals surface area contributed by atoms with Crippen LogP contribution in [-0.2, 0) is 0 Å². The van der Waals surface area contributed by atoms with Gasteiger partial charge in [-0.25, -0.2) is 15.0 Å². The van der Waals surface area contributed by atoms with E-state index in [0.717, 1.165) is 25.3 Å². The summed E-state index contributed by atoms with van der Waals surface area (Å²) in [4.78, 5) is 30.8. The van der Waals surface area contributed by atoms with Crippen LogP contribution in [0.25, 0.3) is 16.9 Å². The fraction of sp³-hybridized carbons (Fsp3) is 0.261. The van der Waals surface area contributed by atoms with Gasteiger partial charge >= 0.3 is 6.01 Å². The molecular weight excluding hydrogens is 436 g/mol. The van der Waals surface area contributed by atoms with Crippen LogP contribution in [0.4, 0.5) is 11.5 Å². The van der Waals surface area contributed by atoms with Crippen LogP contribution in [0.1, 0.15) is 24.2 Å². The van der Waals surface area contributed by atoms with Crippen LogP contribution in [0.3, 0.4) is 0 Å². The number of benzene rings is 1. The highest BCUT2D eigenvalue weighted by Crippen LogP contribution is 2.30. The van der Waals surface area contributed by atoms with Crippen LogP contribution in [0.2, 0.25) is 0 Å². The Hall–Kier alpha value is -4.25. The first-order valence-corrected chi connectivity index (χ1v) is 10.9. The Balaban J connectivity index is 1.48. The number of amides is 1. The van der Waals surface area contributed by atoms with Crippen LogP contribution in [0.5, 0.6) is 11.9 Å². The number of hydrogen-bond acceptors (Lipinski definition) is 9. The molecule has 1 aromatic carbocycles.